The third-order valence-corrected chi connectivity index (χ3v) is 3.72. The Morgan fingerprint density at radius 3 is 2.56 bits per heavy atom. The Hall–Kier alpha value is -3.68. The number of nitrogens with zero attached hydrogens (tertiary/aromatic N) is 2. The van der Waals surface area contributed by atoms with Crippen molar-refractivity contribution in [3.8, 4) is 0 Å². The Kier molecular flexibility index (Phi) is 5.78. The van der Waals surface area contributed by atoms with Crippen LogP contribution in [0.5, 0.6) is 0 Å². The molecule has 0 saturated heterocycles. The van der Waals surface area contributed by atoms with Crippen molar-refractivity contribution in [2.45, 2.75) is 13.1 Å². The molecule has 2 heterocycles. The van der Waals surface area contributed by atoms with Crippen molar-refractivity contribution in [1.82, 2.24) is 20.4 Å². The molecule has 0 spiro atoms. The Labute approximate surface area is 154 Å². The Bertz CT molecular complexity index is 965. The maximum absolute atomic E-state index is 12.2. The molecule has 3 rings (SSSR count). The molecule has 0 fully saturated rings. The van der Waals surface area contributed by atoms with Gasteiger partial charge in [0.15, 0.2) is 0 Å². The number of carbonyl (C=O) groups excluding carboxylic acids is 2. The third-order valence-electron chi connectivity index (χ3n) is 3.72. The fourth-order valence-electron chi connectivity index (χ4n) is 2.35. The van der Waals surface area contributed by atoms with Crippen LogP contribution in [0.1, 0.15) is 21.8 Å². The first-order valence-corrected chi connectivity index (χ1v) is 8.31. The van der Waals surface area contributed by atoms with E-state index in [1.165, 1.54) is 23.1 Å². The van der Waals surface area contributed by atoms with Crippen molar-refractivity contribution in [3.63, 3.8) is 0 Å². The lowest BCUT2D eigenvalue weighted by Gasteiger charge is -2.08. The first-order valence-electron chi connectivity index (χ1n) is 8.31. The number of benzene rings is 1. The number of furan rings is 1. The summed E-state index contributed by atoms with van der Waals surface area (Å²) in [5.74, 6) is -0.286. The van der Waals surface area contributed by atoms with Crippen LogP contribution in [0, 0.1) is 0 Å². The van der Waals surface area contributed by atoms with Gasteiger partial charge in [0.25, 0.3) is 11.5 Å². The monoisotopic (exact) mass is 366 g/mol. The van der Waals surface area contributed by atoms with Crippen LogP contribution in [0.25, 0.3) is 0 Å². The van der Waals surface area contributed by atoms with Gasteiger partial charge in [-0.2, -0.15) is 5.10 Å². The molecule has 3 aromatic rings. The van der Waals surface area contributed by atoms with Gasteiger partial charge in [-0.15, -0.1) is 0 Å². The maximum Gasteiger partial charge on any atom is 0.272 e. The molecule has 0 saturated carbocycles. The van der Waals surface area contributed by atoms with Crippen LogP contribution < -0.4 is 16.2 Å². The van der Waals surface area contributed by atoms with E-state index in [0.717, 1.165) is 5.56 Å². The topological polar surface area (TPSA) is 106 Å². The van der Waals surface area contributed by atoms with Gasteiger partial charge in [-0.25, -0.2) is 4.68 Å². The second-order valence-electron chi connectivity index (χ2n) is 5.74. The Balaban J connectivity index is 1.57. The van der Waals surface area contributed by atoms with E-state index < -0.39 is 5.91 Å². The normalized spacial score (nSPS) is 10.4. The second kappa shape index (κ2) is 8.61. The van der Waals surface area contributed by atoms with Crippen molar-refractivity contribution in [2.75, 3.05) is 6.54 Å². The number of hydrogen-bond acceptors (Lipinski definition) is 5. The summed E-state index contributed by atoms with van der Waals surface area (Å²) in [6.07, 6.45) is 1.51. The Morgan fingerprint density at radius 1 is 1.00 bits per heavy atom. The highest BCUT2D eigenvalue weighted by Gasteiger charge is 2.11. The van der Waals surface area contributed by atoms with Crippen molar-refractivity contribution in [1.29, 1.82) is 0 Å². The van der Waals surface area contributed by atoms with Crippen LogP contribution in [0.2, 0.25) is 0 Å². The number of aromatic nitrogens is 2. The number of amides is 2. The smallest absolute Gasteiger partial charge is 0.272 e. The summed E-state index contributed by atoms with van der Waals surface area (Å²) in [5.41, 5.74) is 0.637. The predicted molar refractivity (Wildman–Crippen MR) is 96.9 cm³/mol. The van der Waals surface area contributed by atoms with Crippen LogP contribution in [-0.2, 0) is 17.9 Å². The molecular formula is C19H18N4O4. The van der Waals surface area contributed by atoms with Crippen molar-refractivity contribution >= 4 is 11.8 Å². The van der Waals surface area contributed by atoms with Gasteiger partial charge in [-0.3, -0.25) is 14.4 Å². The zero-order valence-electron chi connectivity index (χ0n) is 14.4. The zero-order valence-corrected chi connectivity index (χ0v) is 14.4. The molecule has 0 bridgehead atoms. The molecule has 2 aromatic heterocycles. The number of hydrogen-bond donors (Lipinski definition) is 2. The molecule has 2 amide bonds. The van der Waals surface area contributed by atoms with Gasteiger partial charge in [0.05, 0.1) is 25.9 Å². The van der Waals surface area contributed by atoms with Gasteiger partial charge in [0.2, 0.25) is 5.91 Å². The molecule has 0 aliphatic heterocycles. The van der Waals surface area contributed by atoms with Crippen LogP contribution in [0.3, 0.4) is 0 Å². The van der Waals surface area contributed by atoms with Crippen molar-refractivity contribution in [3.05, 3.63) is 88.2 Å². The van der Waals surface area contributed by atoms with E-state index in [-0.39, 0.29) is 36.8 Å². The number of rotatable bonds is 7. The first-order chi connectivity index (χ1) is 13.1. The van der Waals surface area contributed by atoms with E-state index in [1.54, 1.807) is 12.1 Å². The van der Waals surface area contributed by atoms with E-state index in [4.69, 9.17) is 4.42 Å². The molecule has 8 heteroatoms. The van der Waals surface area contributed by atoms with E-state index >= 15 is 0 Å². The molecule has 0 atom stereocenters. The highest BCUT2D eigenvalue weighted by atomic mass is 16.3. The number of nitrogens with one attached hydrogen (secondary N) is 2. The minimum atomic E-state index is -0.537. The molecule has 2 N–H and O–H groups in total. The van der Waals surface area contributed by atoms with E-state index in [0.29, 0.717) is 5.76 Å². The molecule has 1 aromatic carbocycles. The molecule has 8 nitrogen and oxygen atoms in total. The zero-order chi connectivity index (χ0) is 19.1. The van der Waals surface area contributed by atoms with Gasteiger partial charge in [-0.05, 0) is 23.8 Å². The first kappa shape index (κ1) is 18.1. The highest BCUT2D eigenvalue weighted by molar-refractivity contribution is 5.94. The molecule has 138 valence electrons. The standard InChI is InChI=1S/C19H18N4O4/c24-17(20-11-15-7-4-10-27-15)12-21-19(26)16-8-9-18(25)23(22-16)13-14-5-2-1-3-6-14/h1-10H,11-13H2,(H,20,24)(H,21,26). The van der Waals surface area contributed by atoms with Crippen LogP contribution in [-0.4, -0.2) is 28.1 Å². The lowest BCUT2D eigenvalue weighted by Crippen LogP contribution is -2.37. The quantitative estimate of drug-likeness (QED) is 0.647. The molecule has 0 aliphatic carbocycles. The van der Waals surface area contributed by atoms with E-state index in [1.807, 2.05) is 30.3 Å². The van der Waals surface area contributed by atoms with Crippen molar-refractivity contribution < 1.29 is 14.0 Å². The van der Waals surface area contributed by atoms with Crippen LogP contribution >= 0.6 is 0 Å². The molecule has 0 aliphatic rings. The third kappa shape index (κ3) is 5.15. The summed E-state index contributed by atoms with van der Waals surface area (Å²) >= 11 is 0. The fourth-order valence-corrected chi connectivity index (χ4v) is 2.35. The van der Waals surface area contributed by atoms with Crippen molar-refractivity contribution in [2.24, 2.45) is 0 Å². The highest BCUT2D eigenvalue weighted by Crippen LogP contribution is 2.00. The predicted octanol–water partition coefficient (Wildman–Crippen LogP) is 0.931. The molecule has 0 radical (unpaired) electrons. The van der Waals surface area contributed by atoms with Gasteiger partial charge < -0.3 is 15.1 Å². The lowest BCUT2D eigenvalue weighted by molar-refractivity contribution is -0.120. The average molecular weight is 366 g/mol. The lowest BCUT2D eigenvalue weighted by atomic mass is 10.2. The molecule has 27 heavy (non-hydrogen) atoms. The number of carbonyl (C=O) groups is 2. The second-order valence-corrected chi connectivity index (χ2v) is 5.74. The summed E-state index contributed by atoms with van der Waals surface area (Å²) in [6, 6.07) is 15.4. The summed E-state index contributed by atoms with van der Waals surface area (Å²) in [6.45, 7) is 0.283. The van der Waals surface area contributed by atoms with E-state index in [9.17, 15) is 14.4 Å². The fraction of sp³-hybridized carbons (Fsp3) is 0.158. The SMILES string of the molecule is O=C(CNC(=O)c1ccc(=O)n(Cc2ccccc2)n1)NCc1ccco1. The van der Waals surface area contributed by atoms with Gasteiger partial charge in [0.1, 0.15) is 11.5 Å². The summed E-state index contributed by atoms with van der Waals surface area (Å²) in [7, 11) is 0. The molecular weight excluding hydrogens is 348 g/mol. The van der Waals surface area contributed by atoms with Gasteiger partial charge in [0, 0.05) is 6.07 Å². The summed E-state index contributed by atoms with van der Waals surface area (Å²) in [5, 5.41) is 9.18. The van der Waals surface area contributed by atoms with Crippen LogP contribution in [0.15, 0.2) is 70.1 Å². The maximum atomic E-state index is 12.2. The van der Waals surface area contributed by atoms with Gasteiger partial charge >= 0.3 is 0 Å². The minimum absolute atomic E-state index is 0.0596. The summed E-state index contributed by atoms with van der Waals surface area (Å²) in [4.78, 5) is 36.0. The molecule has 0 unspecified atom stereocenters. The minimum Gasteiger partial charge on any atom is -0.467 e. The van der Waals surface area contributed by atoms with Crippen LogP contribution in [0.4, 0.5) is 0 Å². The summed E-state index contributed by atoms with van der Waals surface area (Å²) < 4.78 is 6.32. The largest absolute Gasteiger partial charge is 0.467 e. The van der Waals surface area contributed by atoms with E-state index in [2.05, 4.69) is 15.7 Å². The average Bonchev–Trinajstić information content (AvgIpc) is 3.20. The van der Waals surface area contributed by atoms with Gasteiger partial charge in [-0.1, -0.05) is 30.3 Å². The Morgan fingerprint density at radius 2 is 1.81 bits per heavy atom.